The number of rotatable bonds is 10. The number of esters is 1. The molecule has 2 aromatic rings. The molecule has 0 atom stereocenters. The van der Waals surface area contributed by atoms with Gasteiger partial charge in [-0.05, 0) is 50.2 Å². The Balaban J connectivity index is 1.81. The molecule has 2 aromatic carbocycles. The maximum atomic E-state index is 12.1. The molecule has 0 unspecified atom stereocenters. The number of hydrogen-bond acceptors (Lipinski definition) is 6. The van der Waals surface area contributed by atoms with Gasteiger partial charge >= 0.3 is 5.97 Å². The van der Waals surface area contributed by atoms with E-state index in [2.05, 4.69) is 5.32 Å². The second kappa shape index (κ2) is 11.5. The van der Waals surface area contributed by atoms with E-state index in [9.17, 15) is 14.4 Å². The fourth-order valence-electron chi connectivity index (χ4n) is 2.61. The highest BCUT2D eigenvalue weighted by molar-refractivity contribution is 5.92. The smallest absolute Gasteiger partial charge is 0.338 e. The minimum absolute atomic E-state index is 0.195. The molecule has 0 aliphatic heterocycles. The average Bonchev–Trinajstić information content (AvgIpc) is 2.77. The van der Waals surface area contributed by atoms with Crippen molar-refractivity contribution in [2.45, 2.75) is 13.8 Å². The lowest BCUT2D eigenvalue weighted by Gasteiger charge is -2.18. The number of ether oxygens (including phenoxy) is 3. The number of likely N-dealkylation sites (N-methyl/N-ethyl adjacent to an activating group) is 1. The zero-order chi connectivity index (χ0) is 21.9. The van der Waals surface area contributed by atoms with Crippen LogP contribution >= 0.6 is 0 Å². The molecule has 30 heavy (non-hydrogen) atoms. The molecule has 160 valence electrons. The molecule has 0 bridgehead atoms. The molecule has 0 fully saturated rings. The maximum absolute atomic E-state index is 12.1. The van der Waals surface area contributed by atoms with Crippen molar-refractivity contribution in [1.29, 1.82) is 0 Å². The van der Waals surface area contributed by atoms with Gasteiger partial charge < -0.3 is 24.4 Å². The highest BCUT2D eigenvalue weighted by Crippen LogP contribution is 2.17. The maximum Gasteiger partial charge on any atom is 0.338 e. The summed E-state index contributed by atoms with van der Waals surface area (Å²) in [5, 5.41) is 2.71. The molecule has 0 saturated carbocycles. The van der Waals surface area contributed by atoms with Gasteiger partial charge in [0.1, 0.15) is 11.5 Å². The summed E-state index contributed by atoms with van der Waals surface area (Å²) in [6, 6.07) is 13.1. The predicted octanol–water partition coefficient (Wildman–Crippen LogP) is 2.74. The van der Waals surface area contributed by atoms with Gasteiger partial charge in [0.05, 0.1) is 12.7 Å². The molecule has 1 N–H and O–H groups in total. The molecule has 8 heteroatoms. The lowest BCUT2D eigenvalue weighted by molar-refractivity contribution is -0.134. The SMILES string of the molecule is CCN(CC)C(=O)COC(=O)c1ccc(OCC(=O)Nc2cccc(OC)c2)cc1. The minimum atomic E-state index is -0.599. The Bertz CT molecular complexity index is 862. The summed E-state index contributed by atoms with van der Waals surface area (Å²) in [5.41, 5.74) is 0.885. The molecule has 0 radical (unpaired) electrons. The summed E-state index contributed by atoms with van der Waals surface area (Å²) < 4.78 is 15.6. The fraction of sp³-hybridized carbons (Fsp3) is 0.318. The van der Waals surface area contributed by atoms with Crippen LogP contribution in [0.2, 0.25) is 0 Å². The Morgan fingerprint density at radius 1 is 0.933 bits per heavy atom. The van der Waals surface area contributed by atoms with Crippen molar-refractivity contribution in [2.24, 2.45) is 0 Å². The van der Waals surface area contributed by atoms with E-state index in [1.165, 1.54) is 12.1 Å². The fourth-order valence-corrected chi connectivity index (χ4v) is 2.61. The van der Waals surface area contributed by atoms with Crippen molar-refractivity contribution in [3.8, 4) is 11.5 Å². The summed E-state index contributed by atoms with van der Waals surface area (Å²) in [4.78, 5) is 37.6. The van der Waals surface area contributed by atoms with Crippen LogP contribution in [0.1, 0.15) is 24.2 Å². The van der Waals surface area contributed by atoms with Crippen LogP contribution in [0, 0.1) is 0 Å². The van der Waals surface area contributed by atoms with E-state index in [0.29, 0.717) is 30.3 Å². The summed E-state index contributed by atoms with van der Waals surface area (Å²) in [6.07, 6.45) is 0. The van der Waals surface area contributed by atoms with Gasteiger partial charge in [-0.2, -0.15) is 0 Å². The van der Waals surface area contributed by atoms with Crippen molar-refractivity contribution in [2.75, 3.05) is 38.7 Å². The molecule has 8 nitrogen and oxygen atoms in total. The third-order valence-electron chi connectivity index (χ3n) is 4.26. The monoisotopic (exact) mass is 414 g/mol. The van der Waals surface area contributed by atoms with Crippen LogP contribution < -0.4 is 14.8 Å². The Labute approximate surface area is 175 Å². The number of nitrogens with one attached hydrogen (secondary N) is 1. The van der Waals surface area contributed by atoms with E-state index in [4.69, 9.17) is 14.2 Å². The highest BCUT2D eigenvalue weighted by Gasteiger charge is 2.14. The molecule has 2 rings (SSSR count). The topological polar surface area (TPSA) is 94.2 Å². The van der Waals surface area contributed by atoms with Gasteiger partial charge in [0.25, 0.3) is 11.8 Å². The first-order chi connectivity index (χ1) is 14.5. The molecule has 0 saturated heterocycles. The van der Waals surface area contributed by atoms with Crippen LogP contribution in [0.25, 0.3) is 0 Å². The first-order valence-corrected chi connectivity index (χ1v) is 9.58. The summed E-state index contributed by atoms with van der Waals surface area (Å²) in [6.45, 7) is 4.34. The van der Waals surface area contributed by atoms with Crippen LogP contribution in [-0.4, -0.2) is 56.1 Å². The first kappa shape index (κ1) is 22.7. The number of carbonyl (C=O) groups is 3. The molecular formula is C22H26N2O6. The van der Waals surface area contributed by atoms with E-state index in [0.717, 1.165) is 0 Å². The zero-order valence-electron chi connectivity index (χ0n) is 17.3. The number of anilines is 1. The second-order valence-corrected chi connectivity index (χ2v) is 6.24. The third kappa shape index (κ3) is 6.80. The van der Waals surface area contributed by atoms with Crippen molar-refractivity contribution < 1.29 is 28.6 Å². The molecule has 2 amide bonds. The standard InChI is InChI=1S/C22H26N2O6/c1-4-24(5-2)21(26)15-30-22(27)16-9-11-18(12-10-16)29-14-20(25)23-17-7-6-8-19(13-17)28-3/h6-13H,4-5,14-15H2,1-3H3,(H,23,25). The van der Waals surface area contributed by atoms with E-state index < -0.39 is 5.97 Å². The number of amides is 2. The molecule has 0 heterocycles. The van der Waals surface area contributed by atoms with Gasteiger partial charge in [0.2, 0.25) is 0 Å². The van der Waals surface area contributed by atoms with Crippen molar-refractivity contribution in [3.63, 3.8) is 0 Å². The Hall–Kier alpha value is -3.55. The van der Waals surface area contributed by atoms with Gasteiger partial charge in [0, 0.05) is 24.8 Å². The quantitative estimate of drug-likeness (QED) is 0.601. The number of methoxy groups -OCH3 is 1. The molecule has 0 spiro atoms. The predicted molar refractivity (Wildman–Crippen MR) is 112 cm³/mol. The first-order valence-electron chi connectivity index (χ1n) is 9.58. The van der Waals surface area contributed by atoms with Crippen molar-refractivity contribution >= 4 is 23.5 Å². The normalized spacial score (nSPS) is 10.1. The van der Waals surface area contributed by atoms with Gasteiger partial charge in [-0.3, -0.25) is 9.59 Å². The number of benzene rings is 2. The lowest BCUT2D eigenvalue weighted by Crippen LogP contribution is -2.34. The Kier molecular flexibility index (Phi) is 8.68. The van der Waals surface area contributed by atoms with Crippen LogP contribution in [0.3, 0.4) is 0 Å². The summed E-state index contributed by atoms with van der Waals surface area (Å²) >= 11 is 0. The summed E-state index contributed by atoms with van der Waals surface area (Å²) in [7, 11) is 1.55. The summed E-state index contributed by atoms with van der Waals surface area (Å²) in [5.74, 6) is -0.114. The lowest BCUT2D eigenvalue weighted by atomic mass is 10.2. The Morgan fingerprint density at radius 2 is 1.63 bits per heavy atom. The molecule has 0 aliphatic carbocycles. The molecule has 0 aliphatic rings. The minimum Gasteiger partial charge on any atom is -0.497 e. The highest BCUT2D eigenvalue weighted by atomic mass is 16.5. The van der Waals surface area contributed by atoms with E-state index in [1.54, 1.807) is 48.4 Å². The van der Waals surface area contributed by atoms with E-state index >= 15 is 0 Å². The second-order valence-electron chi connectivity index (χ2n) is 6.24. The third-order valence-corrected chi connectivity index (χ3v) is 4.26. The number of hydrogen-bond donors (Lipinski definition) is 1. The van der Waals surface area contributed by atoms with Crippen LogP contribution in [0.4, 0.5) is 5.69 Å². The van der Waals surface area contributed by atoms with Crippen LogP contribution in [0.5, 0.6) is 11.5 Å². The van der Waals surface area contributed by atoms with Crippen molar-refractivity contribution in [3.05, 3.63) is 54.1 Å². The van der Waals surface area contributed by atoms with Gasteiger partial charge in [-0.25, -0.2) is 4.79 Å². The van der Waals surface area contributed by atoms with Gasteiger partial charge in [-0.1, -0.05) is 6.07 Å². The van der Waals surface area contributed by atoms with Crippen LogP contribution in [-0.2, 0) is 14.3 Å². The number of nitrogens with zero attached hydrogens (tertiary/aromatic N) is 1. The van der Waals surface area contributed by atoms with E-state index in [-0.39, 0.29) is 30.6 Å². The largest absolute Gasteiger partial charge is 0.497 e. The molecule has 0 aromatic heterocycles. The average molecular weight is 414 g/mol. The van der Waals surface area contributed by atoms with Crippen LogP contribution in [0.15, 0.2) is 48.5 Å². The molecular weight excluding hydrogens is 388 g/mol. The van der Waals surface area contributed by atoms with E-state index in [1.807, 2.05) is 13.8 Å². The Morgan fingerprint density at radius 3 is 2.27 bits per heavy atom. The van der Waals surface area contributed by atoms with Gasteiger partial charge in [-0.15, -0.1) is 0 Å². The number of carbonyl (C=O) groups excluding carboxylic acids is 3. The van der Waals surface area contributed by atoms with Gasteiger partial charge in [0.15, 0.2) is 13.2 Å². The van der Waals surface area contributed by atoms with Crippen molar-refractivity contribution in [1.82, 2.24) is 4.90 Å². The zero-order valence-corrected chi connectivity index (χ0v) is 17.3.